The van der Waals surface area contributed by atoms with E-state index >= 15 is 0 Å². The highest BCUT2D eigenvalue weighted by Crippen LogP contribution is 2.16. The zero-order valence-corrected chi connectivity index (χ0v) is 12.6. The van der Waals surface area contributed by atoms with E-state index in [4.69, 9.17) is 0 Å². The minimum absolute atomic E-state index is 0.229. The van der Waals surface area contributed by atoms with Crippen molar-refractivity contribution < 1.29 is 0 Å². The molecule has 0 fully saturated rings. The van der Waals surface area contributed by atoms with Gasteiger partial charge in [-0.05, 0) is 12.3 Å². The van der Waals surface area contributed by atoms with Gasteiger partial charge in [0.15, 0.2) is 10.8 Å². The van der Waals surface area contributed by atoms with Gasteiger partial charge in [-0.25, -0.2) is 19.3 Å². The smallest absolute Gasteiger partial charge is 0.278 e. The van der Waals surface area contributed by atoms with E-state index < -0.39 is 0 Å². The Morgan fingerprint density at radius 3 is 2.91 bits per heavy atom. The van der Waals surface area contributed by atoms with Crippen LogP contribution in [0.5, 0.6) is 0 Å². The highest BCUT2D eigenvalue weighted by Gasteiger charge is 2.16. The summed E-state index contributed by atoms with van der Waals surface area (Å²) in [5.41, 5.74) is -0.0311. The summed E-state index contributed by atoms with van der Waals surface area (Å²) in [5.74, 6) is 0.465. The molecule has 0 unspecified atom stereocenters. The zero-order valence-electron chi connectivity index (χ0n) is 11.8. The van der Waals surface area contributed by atoms with Crippen LogP contribution in [0.4, 0.5) is 0 Å². The van der Waals surface area contributed by atoms with E-state index in [0.29, 0.717) is 28.6 Å². The second kappa shape index (κ2) is 5.64. The molecule has 0 amide bonds. The number of nitrogens with one attached hydrogen (secondary N) is 1. The lowest BCUT2D eigenvalue weighted by molar-refractivity contribution is 0.595. The van der Waals surface area contributed by atoms with E-state index in [1.807, 2.05) is 6.26 Å². The lowest BCUT2D eigenvalue weighted by Crippen LogP contribution is -2.23. The molecule has 0 bridgehead atoms. The summed E-state index contributed by atoms with van der Waals surface area (Å²) in [4.78, 5) is 35.4. The lowest BCUT2D eigenvalue weighted by atomic mass is 10.4. The summed E-state index contributed by atoms with van der Waals surface area (Å²) in [7, 11) is 0. The number of hydrogen-bond donors (Lipinski definition) is 1. The minimum atomic E-state index is -0.254. The van der Waals surface area contributed by atoms with Crippen LogP contribution in [-0.2, 0) is 6.54 Å². The molecule has 0 aliphatic rings. The van der Waals surface area contributed by atoms with Crippen LogP contribution in [0.3, 0.4) is 0 Å². The second-order valence-corrected chi connectivity index (χ2v) is 5.26. The van der Waals surface area contributed by atoms with Gasteiger partial charge in [0, 0.05) is 12.3 Å². The fourth-order valence-electron chi connectivity index (χ4n) is 2.20. The Morgan fingerprint density at radius 2 is 2.23 bits per heavy atom. The number of nitrogens with zero attached hydrogens (tertiary/aromatic N) is 4. The Hall–Kier alpha value is -2.61. The maximum Gasteiger partial charge on any atom is 0.278 e. The number of hydrogen-bond acceptors (Lipinski definition) is 5. The van der Waals surface area contributed by atoms with Crippen molar-refractivity contribution in [2.24, 2.45) is 0 Å². The second-order valence-electron chi connectivity index (χ2n) is 4.48. The Labute approximate surface area is 129 Å². The summed E-state index contributed by atoms with van der Waals surface area (Å²) in [6, 6.07) is 4.74. The van der Waals surface area contributed by atoms with Crippen molar-refractivity contribution in [3.63, 3.8) is 0 Å². The fraction of sp³-hybridized carbons (Fsp3) is 0.143. The lowest BCUT2D eigenvalue weighted by Gasteiger charge is -2.10. The first-order chi connectivity index (χ1) is 10.7. The maximum absolute atomic E-state index is 12.5. The SMILES string of the molecule is C=CCn1c(=O)c2cnc(SC)nc2n1-c1cccc(=O)[nH]1. The highest BCUT2D eigenvalue weighted by molar-refractivity contribution is 7.98. The molecule has 8 heteroatoms. The molecule has 1 N–H and O–H groups in total. The molecule has 0 aliphatic carbocycles. The van der Waals surface area contributed by atoms with Gasteiger partial charge < -0.3 is 4.98 Å². The molecule has 0 aliphatic heterocycles. The third-order valence-electron chi connectivity index (χ3n) is 3.12. The average molecular weight is 315 g/mol. The number of rotatable bonds is 4. The Morgan fingerprint density at radius 1 is 1.41 bits per heavy atom. The van der Waals surface area contributed by atoms with Crippen LogP contribution in [0.2, 0.25) is 0 Å². The normalized spacial score (nSPS) is 11.0. The maximum atomic E-state index is 12.5. The largest absolute Gasteiger partial charge is 0.307 e. The minimum Gasteiger partial charge on any atom is -0.307 e. The molecule has 0 atom stereocenters. The first kappa shape index (κ1) is 14.3. The Balaban J connectivity index is 2.43. The number of thioether (sulfide) groups is 1. The van der Waals surface area contributed by atoms with Crippen molar-refractivity contribution in [3.8, 4) is 5.82 Å². The van der Waals surface area contributed by atoms with Crippen molar-refractivity contribution in [3.05, 3.63) is 57.8 Å². The number of fused-ring (bicyclic) bond motifs is 1. The standard InChI is InChI=1S/C14H13N5O2S/c1-3-7-18-13(21)9-8-15-14(22-2)17-12(9)19(18)10-5-4-6-11(20)16-10/h3-6,8H,1,7H2,2H3,(H,16,20). The van der Waals surface area contributed by atoms with Gasteiger partial charge in [-0.15, -0.1) is 6.58 Å². The topological polar surface area (TPSA) is 85.6 Å². The van der Waals surface area contributed by atoms with Gasteiger partial charge in [0.1, 0.15) is 11.2 Å². The van der Waals surface area contributed by atoms with Crippen molar-refractivity contribution in [1.82, 2.24) is 24.3 Å². The van der Waals surface area contributed by atoms with Gasteiger partial charge in [0.05, 0.1) is 6.54 Å². The van der Waals surface area contributed by atoms with E-state index in [2.05, 4.69) is 21.5 Å². The third kappa shape index (κ3) is 2.27. The fourth-order valence-corrected chi connectivity index (χ4v) is 2.54. The highest BCUT2D eigenvalue weighted by atomic mass is 32.2. The zero-order chi connectivity index (χ0) is 15.7. The number of H-pyrrole nitrogens is 1. The van der Waals surface area contributed by atoms with Gasteiger partial charge in [-0.1, -0.05) is 23.9 Å². The van der Waals surface area contributed by atoms with Crippen LogP contribution < -0.4 is 11.1 Å². The summed E-state index contributed by atoms with van der Waals surface area (Å²) in [6.07, 6.45) is 4.98. The van der Waals surface area contributed by atoms with Crippen LogP contribution in [0, 0.1) is 0 Å². The number of allylic oxidation sites excluding steroid dienone is 1. The van der Waals surface area contributed by atoms with E-state index in [-0.39, 0.29) is 11.1 Å². The Bertz CT molecular complexity index is 969. The summed E-state index contributed by atoms with van der Waals surface area (Å²) in [6.45, 7) is 3.96. The molecule has 22 heavy (non-hydrogen) atoms. The van der Waals surface area contributed by atoms with Crippen LogP contribution in [-0.4, -0.2) is 30.6 Å². The van der Waals surface area contributed by atoms with E-state index in [9.17, 15) is 9.59 Å². The first-order valence-electron chi connectivity index (χ1n) is 6.49. The van der Waals surface area contributed by atoms with Crippen molar-refractivity contribution in [1.29, 1.82) is 0 Å². The average Bonchev–Trinajstić information content (AvgIpc) is 2.80. The summed E-state index contributed by atoms with van der Waals surface area (Å²) >= 11 is 1.38. The molecule has 3 rings (SSSR count). The van der Waals surface area contributed by atoms with Gasteiger partial charge in [0.25, 0.3) is 5.56 Å². The van der Waals surface area contributed by atoms with Gasteiger partial charge in [-0.3, -0.25) is 9.59 Å². The van der Waals surface area contributed by atoms with Crippen molar-refractivity contribution in [2.75, 3.05) is 6.26 Å². The molecule has 112 valence electrons. The number of aromatic nitrogens is 5. The first-order valence-corrected chi connectivity index (χ1v) is 7.71. The molecular formula is C14H13N5O2S. The molecule has 0 radical (unpaired) electrons. The number of pyridine rings is 1. The van der Waals surface area contributed by atoms with Gasteiger partial charge in [-0.2, -0.15) is 0 Å². The van der Waals surface area contributed by atoms with Crippen LogP contribution in [0.15, 0.2) is 51.8 Å². The third-order valence-corrected chi connectivity index (χ3v) is 3.68. The van der Waals surface area contributed by atoms with Gasteiger partial charge >= 0.3 is 0 Å². The molecule has 3 aromatic heterocycles. The monoisotopic (exact) mass is 315 g/mol. The van der Waals surface area contributed by atoms with Gasteiger partial charge in [0.2, 0.25) is 5.56 Å². The molecule has 0 aromatic carbocycles. The van der Waals surface area contributed by atoms with E-state index in [1.165, 1.54) is 28.7 Å². The predicted molar refractivity (Wildman–Crippen MR) is 85.7 cm³/mol. The van der Waals surface area contributed by atoms with E-state index in [1.54, 1.807) is 22.9 Å². The Kier molecular flexibility index (Phi) is 3.68. The molecular weight excluding hydrogens is 302 g/mol. The quantitative estimate of drug-likeness (QED) is 0.444. The summed E-state index contributed by atoms with van der Waals surface area (Å²) in [5, 5.41) is 0.944. The number of aromatic amines is 1. The van der Waals surface area contributed by atoms with Crippen LogP contribution >= 0.6 is 11.8 Å². The van der Waals surface area contributed by atoms with E-state index in [0.717, 1.165) is 0 Å². The molecule has 3 heterocycles. The van der Waals surface area contributed by atoms with Crippen molar-refractivity contribution >= 4 is 22.8 Å². The van der Waals surface area contributed by atoms with Crippen LogP contribution in [0.25, 0.3) is 16.9 Å². The molecule has 0 saturated heterocycles. The molecule has 0 spiro atoms. The van der Waals surface area contributed by atoms with Crippen molar-refractivity contribution in [2.45, 2.75) is 11.7 Å². The molecule has 3 aromatic rings. The predicted octanol–water partition coefficient (Wildman–Crippen LogP) is 1.18. The van der Waals surface area contributed by atoms with Crippen LogP contribution in [0.1, 0.15) is 0 Å². The summed E-state index contributed by atoms with van der Waals surface area (Å²) < 4.78 is 3.05. The molecule has 0 saturated carbocycles. The molecule has 7 nitrogen and oxygen atoms in total.